The number of hydrogen-bond acceptors (Lipinski definition) is 5. The molecule has 1 heterocycles. The van der Waals surface area contributed by atoms with E-state index in [0.717, 1.165) is 30.1 Å². The van der Waals surface area contributed by atoms with Crippen molar-refractivity contribution in [2.24, 2.45) is 5.73 Å². The van der Waals surface area contributed by atoms with Crippen LogP contribution in [0.2, 0.25) is 0 Å². The van der Waals surface area contributed by atoms with E-state index >= 15 is 0 Å². The minimum atomic E-state index is -0.313. The zero-order valence-electron chi connectivity index (χ0n) is 10.6. The van der Waals surface area contributed by atoms with Crippen molar-refractivity contribution in [3.8, 4) is 0 Å². The molecule has 0 fully saturated rings. The average Bonchev–Trinajstić information content (AvgIpc) is 2.84. The number of rotatable bonds is 6. The maximum Gasteiger partial charge on any atom is 0.265 e. The number of nitrogens with one attached hydrogen (secondary N) is 1. The molecule has 1 rings (SSSR count). The number of carbonyl (C=O) groups is 1. The minimum Gasteiger partial charge on any atom is -0.345 e. The first-order chi connectivity index (χ1) is 8.12. The summed E-state index contributed by atoms with van der Waals surface area (Å²) in [6.07, 6.45) is 2.35. The van der Waals surface area contributed by atoms with Crippen LogP contribution in [-0.4, -0.2) is 27.6 Å². The van der Waals surface area contributed by atoms with E-state index in [9.17, 15) is 4.79 Å². The quantitative estimate of drug-likeness (QED) is 0.805. The first-order valence-electron chi connectivity index (χ1n) is 5.96. The number of amides is 1. The first kappa shape index (κ1) is 14.1. The van der Waals surface area contributed by atoms with Crippen LogP contribution in [0, 0.1) is 0 Å². The largest absolute Gasteiger partial charge is 0.345 e. The molecule has 0 spiro atoms. The van der Waals surface area contributed by atoms with Crippen molar-refractivity contribution >= 4 is 17.4 Å². The maximum absolute atomic E-state index is 12.1. The normalized spacial score (nSPS) is 11.5. The molecule has 0 aliphatic carbocycles. The van der Waals surface area contributed by atoms with E-state index in [4.69, 9.17) is 5.73 Å². The summed E-state index contributed by atoms with van der Waals surface area (Å²) in [5.74, 6) is -0.106. The van der Waals surface area contributed by atoms with E-state index in [0.29, 0.717) is 17.8 Å². The fourth-order valence-electron chi connectivity index (χ4n) is 1.68. The molecule has 0 radical (unpaired) electrons. The topological polar surface area (TPSA) is 80.9 Å². The lowest BCUT2D eigenvalue weighted by atomic mass is 9.93. The summed E-state index contributed by atoms with van der Waals surface area (Å²) < 4.78 is 3.82. The molecule has 3 N–H and O–H groups in total. The van der Waals surface area contributed by atoms with E-state index in [-0.39, 0.29) is 11.4 Å². The van der Waals surface area contributed by atoms with Gasteiger partial charge in [-0.25, -0.2) is 0 Å². The molecule has 96 valence electrons. The molecule has 17 heavy (non-hydrogen) atoms. The Hall–Kier alpha value is -1.01. The van der Waals surface area contributed by atoms with Gasteiger partial charge in [-0.05, 0) is 30.8 Å². The van der Waals surface area contributed by atoms with Gasteiger partial charge in [-0.1, -0.05) is 25.3 Å². The Labute approximate surface area is 106 Å². The van der Waals surface area contributed by atoms with E-state index in [1.54, 1.807) is 0 Å². The highest BCUT2D eigenvalue weighted by atomic mass is 32.1. The second-order valence-corrected chi connectivity index (χ2v) is 4.80. The third-order valence-electron chi connectivity index (χ3n) is 3.22. The molecular formula is C11H20N4OS. The van der Waals surface area contributed by atoms with Gasteiger partial charge in [-0.2, -0.15) is 0 Å². The van der Waals surface area contributed by atoms with Crippen LogP contribution in [0.15, 0.2) is 0 Å². The van der Waals surface area contributed by atoms with Gasteiger partial charge in [0.05, 0.1) is 11.2 Å². The smallest absolute Gasteiger partial charge is 0.265 e. The third-order valence-corrected chi connectivity index (χ3v) is 3.99. The van der Waals surface area contributed by atoms with Gasteiger partial charge in [0, 0.05) is 6.54 Å². The van der Waals surface area contributed by atoms with Gasteiger partial charge >= 0.3 is 0 Å². The van der Waals surface area contributed by atoms with Gasteiger partial charge < -0.3 is 11.1 Å². The summed E-state index contributed by atoms with van der Waals surface area (Å²) in [5, 5.41) is 6.96. The highest BCUT2D eigenvalue weighted by molar-refractivity contribution is 7.08. The Morgan fingerprint density at radius 1 is 1.41 bits per heavy atom. The van der Waals surface area contributed by atoms with Crippen LogP contribution < -0.4 is 11.1 Å². The predicted octanol–water partition coefficient (Wildman–Crippen LogP) is 1.35. The fraction of sp³-hybridized carbons (Fsp3) is 0.727. The van der Waals surface area contributed by atoms with Crippen LogP contribution in [-0.2, 0) is 6.42 Å². The number of nitrogens with two attached hydrogens (primary N) is 1. The predicted molar refractivity (Wildman–Crippen MR) is 69.1 cm³/mol. The Bertz CT molecular complexity index is 365. The summed E-state index contributed by atoms with van der Waals surface area (Å²) in [7, 11) is 0. The zero-order chi connectivity index (χ0) is 12.9. The summed E-state index contributed by atoms with van der Waals surface area (Å²) in [5.41, 5.74) is 6.20. The fourth-order valence-corrected chi connectivity index (χ4v) is 2.32. The van der Waals surface area contributed by atoms with Crippen molar-refractivity contribution in [1.29, 1.82) is 0 Å². The number of aryl methyl sites for hydroxylation is 1. The van der Waals surface area contributed by atoms with Crippen LogP contribution in [0.4, 0.5) is 0 Å². The van der Waals surface area contributed by atoms with Gasteiger partial charge in [0.2, 0.25) is 0 Å². The lowest BCUT2D eigenvalue weighted by Crippen LogP contribution is -2.52. The molecule has 0 aliphatic rings. The van der Waals surface area contributed by atoms with Crippen LogP contribution in [0.1, 0.15) is 49.0 Å². The number of nitrogens with zero attached hydrogens (tertiary/aromatic N) is 2. The Balaban J connectivity index is 2.84. The third kappa shape index (κ3) is 3.01. The van der Waals surface area contributed by atoms with Crippen LogP contribution in [0.25, 0.3) is 0 Å². The van der Waals surface area contributed by atoms with E-state index in [1.165, 1.54) is 0 Å². The van der Waals surface area contributed by atoms with Crippen molar-refractivity contribution < 1.29 is 4.79 Å². The highest BCUT2D eigenvalue weighted by Gasteiger charge is 2.28. The minimum absolute atomic E-state index is 0.106. The Morgan fingerprint density at radius 2 is 2.06 bits per heavy atom. The SMILES string of the molecule is CCc1nnsc1C(=O)NC(CC)(CC)CN. The maximum atomic E-state index is 12.1. The van der Waals surface area contributed by atoms with Gasteiger partial charge in [0.15, 0.2) is 0 Å². The van der Waals surface area contributed by atoms with Gasteiger partial charge in [-0.15, -0.1) is 5.10 Å². The summed E-state index contributed by atoms with van der Waals surface area (Å²) in [4.78, 5) is 12.7. The zero-order valence-corrected chi connectivity index (χ0v) is 11.4. The molecule has 0 atom stereocenters. The van der Waals surface area contributed by atoms with Crippen LogP contribution in [0.3, 0.4) is 0 Å². The molecule has 0 saturated heterocycles. The molecule has 6 heteroatoms. The molecule has 0 unspecified atom stereocenters. The molecular weight excluding hydrogens is 236 g/mol. The molecule has 0 saturated carbocycles. The molecule has 1 aromatic heterocycles. The number of hydrogen-bond donors (Lipinski definition) is 2. The summed E-state index contributed by atoms with van der Waals surface area (Å²) >= 11 is 1.14. The second-order valence-electron chi connectivity index (χ2n) is 4.05. The van der Waals surface area contributed by atoms with E-state index in [1.807, 2.05) is 20.8 Å². The van der Waals surface area contributed by atoms with Crippen LogP contribution >= 0.6 is 11.5 Å². The van der Waals surface area contributed by atoms with Crippen molar-refractivity contribution in [2.75, 3.05) is 6.54 Å². The van der Waals surface area contributed by atoms with Crippen molar-refractivity contribution in [3.63, 3.8) is 0 Å². The van der Waals surface area contributed by atoms with Crippen LogP contribution in [0.5, 0.6) is 0 Å². The van der Waals surface area contributed by atoms with E-state index < -0.39 is 0 Å². The highest BCUT2D eigenvalue weighted by Crippen LogP contribution is 2.17. The van der Waals surface area contributed by atoms with Crippen molar-refractivity contribution in [1.82, 2.24) is 14.9 Å². The average molecular weight is 256 g/mol. The Morgan fingerprint density at radius 3 is 2.53 bits per heavy atom. The monoisotopic (exact) mass is 256 g/mol. The number of aromatic nitrogens is 2. The molecule has 0 aromatic carbocycles. The lowest BCUT2D eigenvalue weighted by Gasteiger charge is -2.31. The summed E-state index contributed by atoms with van der Waals surface area (Å²) in [6.45, 7) is 6.47. The van der Waals surface area contributed by atoms with Gasteiger partial charge in [0.1, 0.15) is 4.88 Å². The molecule has 5 nitrogen and oxygen atoms in total. The van der Waals surface area contributed by atoms with E-state index in [2.05, 4.69) is 14.9 Å². The van der Waals surface area contributed by atoms with Gasteiger partial charge in [0.25, 0.3) is 5.91 Å². The number of carbonyl (C=O) groups excluding carboxylic acids is 1. The summed E-state index contributed by atoms with van der Waals surface area (Å²) in [6, 6.07) is 0. The first-order valence-corrected chi connectivity index (χ1v) is 6.73. The lowest BCUT2D eigenvalue weighted by molar-refractivity contribution is 0.0898. The second kappa shape index (κ2) is 6.07. The Kier molecular flexibility index (Phi) is 5.02. The molecule has 0 aliphatic heterocycles. The molecule has 1 aromatic rings. The standard InChI is InChI=1S/C11H20N4OS/c1-4-8-9(17-15-14-8)10(16)13-11(5-2,6-3)7-12/h4-7,12H2,1-3H3,(H,13,16). The molecule has 0 bridgehead atoms. The molecule has 1 amide bonds. The van der Waals surface area contributed by atoms with Gasteiger partial charge in [-0.3, -0.25) is 4.79 Å². The van der Waals surface area contributed by atoms with Crippen molar-refractivity contribution in [2.45, 2.75) is 45.6 Å². The van der Waals surface area contributed by atoms with Crippen molar-refractivity contribution in [3.05, 3.63) is 10.6 Å².